The van der Waals surface area contributed by atoms with Crippen molar-refractivity contribution in [3.8, 4) is 12.3 Å². The largest absolute Gasteiger partial charge is 0.445 e. The van der Waals surface area contributed by atoms with Crippen LogP contribution in [0.15, 0.2) is 43.0 Å². The van der Waals surface area contributed by atoms with Crippen molar-refractivity contribution in [2.24, 2.45) is 0 Å². The third kappa shape index (κ3) is 7.97. The lowest BCUT2D eigenvalue weighted by atomic mass is 10.0. The quantitative estimate of drug-likeness (QED) is 0.213. The maximum atomic E-state index is 13.6. The Morgan fingerprint density at radius 2 is 2.00 bits per heavy atom. The zero-order valence-corrected chi connectivity index (χ0v) is 22.9. The van der Waals surface area contributed by atoms with Crippen molar-refractivity contribution < 1.29 is 28.7 Å². The number of hydrogen-bond donors (Lipinski definition) is 2. The number of piperazine rings is 1. The van der Waals surface area contributed by atoms with Crippen LogP contribution in [0.5, 0.6) is 0 Å². The van der Waals surface area contributed by atoms with Gasteiger partial charge >= 0.3 is 12.1 Å². The molecule has 0 spiro atoms. The van der Waals surface area contributed by atoms with Gasteiger partial charge in [-0.25, -0.2) is 19.6 Å². The maximum Gasteiger partial charge on any atom is 0.407 e. The predicted molar refractivity (Wildman–Crippen MR) is 147 cm³/mol. The molecule has 2 atom stereocenters. The van der Waals surface area contributed by atoms with Crippen molar-refractivity contribution in [2.45, 2.75) is 38.5 Å². The monoisotopic (exact) mass is 554 g/mol. The molecule has 0 unspecified atom stereocenters. The molecule has 12 heteroatoms. The van der Waals surface area contributed by atoms with Gasteiger partial charge in [0.2, 0.25) is 11.8 Å². The molecule has 0 radical (unpaired) electrons. The Labute approximate surface area is 235 Å². The average molecular weight is 555 g/mol. The molecule has 2 aliphatic heterocycles. The molecule has 2 N–H and O–H groups in total. The van der Waals surface area contributed by atoms with Crippen LogP contribution in [0.4, 0.5) is 9.59 Å². The third-order valence-electron chi connectivity index (χ3n) is 6.64. The lowest BCUT2D eigenvalue weighted by molar-refractivity contribution is -0.190. The number of terminal acetylenes is 1. The molecule has 216 valence electrons. The smallest absolute Gasteiger partial charge is 0.407 e. The lowest BCUT2D eigenvalue weighted by Gasteiger charge is -2.55. The normalized spacial score (nSPS) is 19.1. The summed E-state index contributed by atoms with van der Waals surface area (Å²) in [6.45, 7) is 7.13. The van der Waals surface area contributed by atoms with Crippen LogP contribution >= 0.6 is 0 Å². The Balaban J connectivity index is 1.78. The summed E-state index contributed by atoms with van der Waals surface area (Å²) in [5, 5.41) is 8.82. The standard InChI is InChI=1S/C28H38N6O6/c1-4-16-39-18-15-31-20-24-33(23(26(31)36)13-10-14-29-28(38)40-17-5-2)25(35)21-32(6-3)34(24)27(37)30-19-22-11-8-7-9-12-22/h1,5,7-9,11-12,23-24H,2,6,10,13-21H2,3H3,(H,29,38)(H,30,37)/t23-,24-/m0/s1. The zero-order valence-electron chi connectivity index (χ0n) is 22.9. The van der Waals surface area contributed by atoms with E-state index < -0.39 is 18.3 Å². The highest BCUT2D eigenvalue weighted by Crippen LogP contribution is 2.28. The molecule has 5 amide bonds. The van der Waals surface area contributed by atoms with Crippen molar-refractivity contribution in [1.82, 2.24) is 30.5 Å². The highest BCUT2D eigenvalue weighted by molar-refractivity contribution is 5.91. The van der Waals surface area contributed by atoms with Crippen LogP contribution in [0, 0.1) is 12.3 Å². The number of nitrogens with zero attached hydrogens (tertiary/aromatic N) is 4. The van der Waals surface area contributed by atoms with E-state index in [1.54, 1.807) is 14.9 Å². The van der Waals surface area contributed by atoms with Crippen molar-refractivity contribution in [3.63, 3.8) is 0 Å². The Morgan fingerprint density at radius 3 is 2.70 bits per heavy atom. The fraction of sp³-hybridized carbons (Fsp3) is 0.500. The molecule has 2 fully saturated rings. The zero-order chi connectivity index (χ0) is 28.9. The highest BCUT2D eigenvalue weighted by atomic mass is 16.5. The van der Waals surface area contributed by atoms with Crippen molar-refractivity contribution in [1.29, 1.82) is 0 Å². The van der Waals surface area contributed by atoms with Crippen LogP contribution < -0.4 is 10.6 Å². The fourth-order valence-corrected chi connectivity index (χ4v) is 4.77. The number of benzene rings is 1. The first kappa shape index (κ1) is 30.5. The Hall–Kier alpha value is -4.08. The summed E-state index contributed by atoms with van der Waals surface area (Å²) >= 11 is 0. The molecule has 12 nitrogen and oxygen atoms in total. The van der Waals surface area contributed by atoms with E-state index in [2.05, 4.69) is 23.1 Å². The van der Waals surface area contributed by atoms with Crippen molar-refractivity contribution in [3.05, 3.63) is 48.6 Å². The Kier molecular flexibility index (Phi) is 11.8. The van der Waals surface area contributed by atoms with Gasteiger partial charge in [-0.15, -0.1) is 6.42 Å². The van der Waals surface area contributed by atoms with Crippen LogP contribution in [0.2, 0.25) is 0 Å². The molecular weight excluding hydrogens is 516 g/mol. The van der Waals surface area contributed by atoms with E-state index in [0.717, 1.165) is 5.56 Å². The van der Waals surface area contributed by atoms with Crippen LogP contribution in [-0.4, -0.2) is 109 Å². The summed E-state index contributed by atoms with van der Waals surface area (Å²) < 4.78 is 10.3. The Morgan fingerprint density at radius 1 is 1.23 bits per heavy atom. The van der Waals surface area contributed by atoms with Crippen molar-refractivity contribution >= 4 is 23.9 Å². The van der Waals surface area contributed by atoms with E-state index in [9.17, 15) is 19.2 Å². The number of amides is 5. The van der Waals surface area contributed by atoms with Gasteiger partial charge in [-0.1, -0.05) is 55.8 Å². The van der Waals surface area contributed by atoms with E-state index in [4.69, 9.17) is 15.9 Å². The van der Waals surface area contributed by atoms with E-state index >= 15 is 0 Å². The molecule has 2 saturated heterocycles. The van der Waals surface area contributed by atoms with E-state index in [1.807, 2.05) is 37.3 Å². The SMILES string of the molecule is C#CCOCCN1C[C@H]2N(C(=O)CN(CC)N2C(=O)NCc2ccccc2)[C@@H](CCCNC(=O)OCC=C)C1=O. The minimum absolute atomic E-state index is 0.0348. The first-order valence-electron chi connectivity index (χ1n) is 13.4. The average Bonchev–Trinajstić information content (AvgIpc) is 2.96. The van der Waals surface area contributed by atoms with Gasteiger partial charge < -0.3 is 29.9 Å². The number of hydrogen-bond acceptors (Lipinski definition) is 7. The first-order chi connectivity index (χ1) is 19.4. The molecule has 1 aromatic rings. The van der Waals surface area contributed by atoms with Gasteiger partial charge in [0.1, 0.15) is 25.4 Å². The number of alkyl carbamates (subject to hydrolysis) is 1. The highest BCUT2D eigenvalue weighted by Gasteiger charge is 2.50. The van der Waals surface area contributed by atoms with Gasteiger partial charge in [0.15, 0.2) is 0 Å². The van der Waals surface area contributed by atoms with Gasteiger partial charge in [-0.2, -0.15) is 0 Å². The van der Waals surface area contributed by atoms with Gasteiger partial charge in [0.05, 0.1) is 19.7 Å². The number of hydrazine groups is 1. The molecule has 3 rings (SSSR count). The summed E-state index contributed by atoms with van der Waals surface area (Å²) in [6, 6.07) is 8.35. The van der Waals surface area contributed by atoms with Crippen LogP contribution in [0.25, 0.3) is 0 Å². The van der Waals surface area contributed by atoms with Gasteiger partial charge in [0, 0.05) is 26.2 Å². The van der Waals surface area contributed by atoms with Gasteiger partial charge in [0.25, 0.3) is 0 Å². The second-order valence-corrected chi connectivity index (χ2v) is 9.26. The number of carbonyl (C=O) groups excluding carboxylic acids is 4. The number of fused-ring (bicyclic) bond motifs is 1. The summed E-state index contributed by atoms with van der Waals surface area (Å²) in [6.07, 6.45) is 6.13. The van der Waals surface area contributed by atoms with Gasteiger partial charge in [-0.05, 0) is 18.4 Å². The minimum Gasteiger partial charge on any atom is -0.445 e. The summed E-state index contributed by atoms with van der Waals surface area (Å²) in [5.41, 5.74) is 0.937. The van der Waals surface area contributed by atoms with Crippen LogP contribution in [-0.2, 0) is 25.6 Å². The second-order valence-electron chi connectivity index (χ2n) is 9.26. The topological polar surface area (TPSA) is 124 Å². The molecule has 40 heavy (non-hydrogen) atoms. The summed E-state index contributed by atoms with van der Waals surface area (Å²) in [7, 11) is 0. The molecule has 0 aliphatic carbocycles. The predicted octanol–water partition coefficient (Wildman–Crippen LogP) is 1.16. The number of urea groups is 1. The molecule has 0 saturated carbocycles. The molecule has 1 aromatic carbocycles. The van der Waals surface area contributed by atoms with E-state index in [-0.39, 0.29) is 70.3 Å². The number of carbonyl (C=O) groups is 4. The summed E-state index contributed by atoms with van der Waals surface area (Å²) in [4.78, 5) is 55.4. The third-order valence-corrected chi connectivity index (χ3v) is 6.64. The first-order valence-corrected chi connectivity index (χ1v) is 13.4. The van der Waals surface area contributed by atoms with E-state index in [0.29, 0.717) is 19.5 Å². The van der Waals surface area contributed by atoms with E-state index in [1.165, 1.54) is 11.0 Å². The molecule has 0 bridgehead atoms. The number of ether oxygens (including phenoxy) is 2. The van der Waals surface area contributed by atoms with Crippen molar-refractivity contribution in [2.75, 3.05) is 52.5 Å². The van der Waals surface area contributed by atoms with Crippen LogP contribution in [0.3, 0.4) is 0 Å². The second kappa shape index (κ2) is 15.5. The molecule has 0 aromatic heterocycles. The summed E-state index contributed by atoms with van der Waals surface area (Å²) in [5.74, 6) is 1.92. The Bertz CT molecular complexity index is 1080. The molecule has 2 heterocycles. The number of nitrogens with one attached hydrogen (secondary N) is 2. The maximum absolute atomic E-state index is 13.6. The number of rotatable bonds is 13. The lowest BCUT2D eigenvalue weighted by Crippen LogP contribution is -2.76. The minimum atomic E-state index is -0.812. The van der Waals surface area contributed by atoms with Gasteiger partial charge in [-0.3, -0.25) is 9.59 Å². The van der Waals surface area contributed by atoms with Crippen LogP contribution in [0.1, 0.15) is 25.3 Å². The molecular formula is C28H38N6O6. The molecule has 2 aliphatic rings. The number of likely N-dealkylation sites (N-methyl/N-ethyl adjacent to an activating group) is 1. The fourth-order valence-electron chi connectivity index (χ4n) is 4.77.